The number of ether oxygens (including phenoxy) is 1. The predicted octanol–water partition coefficient (Wildman–Crippen LogP) is 2.95. The van der Waals surface area contributed by atoms with E-state index in [1.165, 1.54) is 4.90 Å². The van der Waals surface area contributed by atoms with Crippen LogP contribution in [0.25, 0.3) is 0 Å². The minimum atomic E-state index is -3.55. The van der Waals surface area contributed by atoms with Crippen molar-refractivity contribution in [3.8, 4) is 0 Å². The Morgan fingerprint density at radius 1 is 1.08 bits per heavy atom. The van der Waals surface area contributed by atoms with E-state index in [4.69, 9.17) is 4.74 Å². The van der Waals surface area contributed by atoms with E-state index in [2.05, 4.69) is 0 Å². The second-order valence-corrected chi connectivity index (χ2v) is 8.81. The Balaban J connectivity index is 2.25. The van der Waals surface area contributed by atoms with Crippen molar-refractivity contribution in [3.05, 3.63) is 24.3 Å². The van der Waals surface area contributed by atoms with Gasteiger partial charge in [-0.1, -0.05) is 27.7 Å². The third-order valence-corrected chi connectivity index (χ3v) is 5.53. The smallest absolute Gasteiger partial charge is 0.414 e. The molecule has 1 aliphatic heterocycles. The first-order valence-electron chi connectivity index (χ1n) is 8.26. The maximum absolute atomic E-state index is 12.9. The van der Waals surface area contributed by atoms with E-state index >= 15 is 0 Å². The Hall–Kier alpha value is -1.60. The molecular weight excluding hydrogens is 328 g/mol. The lowest BCUT2D eigenvalue weighted by Gasteiger charge is -2.26. The zero-order valence-electron chi connectivity index (χ0n) is 14.7. The van der Waals surface area contributed by atoms with E-state index in [1.54, 1.807) is 28.6 Å². The number of amides is 1. The highest BCUT2D eigenvalue weighted by Crippen LogP contribution is 2.24. The molecule has 6 nitrogen and oxygen atoms in total. The molecule has 0 atom stereocenters. The van der Waals surface area contributed by atoms with E-state index in [-0.39, 0.29) is 16.7 Å². The molecule has 134 valence electrons. The van der Waals surface area contributed by atoms with Gasteiger partial charge in [0.25, 0.3) is 0 Å². The van der Waals surface area contributed by atoms with Crippen LogP contribution in [0.4, 0.5) is 10.5 Å². The van der Waals surface area contributed by atoms with Crippen molar-refractivity contribution in [3.63, 3.8) is 0 Å². The van der Waals surface area contributed by atoms with E-state index < -0.39 is 16.1 Å². The summed E-state index contributed by atoms with van der Waals surface area (Å²) in [6, 6.07) is 6.43. The minimum absolute atomic E-state index is 0.247. The molecule has 1 aliphatic rings. The van der Waals surface area contributed by atoms with Gasteiger partial charge in [0.1, 0.15) is 6.61 Å². The van der Waals surface area contributed by atoms with Gasteiger partial charge < -0.3 is 4.74 Å². The third-order valence-electron chi connectivity index (χ3n) is 3.68. The van der Waals surface area contributed by atoms with Crippen molar-refractivity contribution in [1.82, 2.24) is 4.31 Å². The topological polar surface area (TPSA) is 66.9 Å². The molecule has 0 saturated carbocycles. The van der Waals surface area contributed by atoms with Gasteiger partial charge in [0.15, 0.2) is 0 Å². The number of nitrogens with zero attached hydrogens (tertiary/aromatic N) is 2. The van der Waals surface area contributed by atoms with Crippen molar-refractivity contribution in [2.24, 2.45) is 11.8 Å². The summed E-state index contributed by atoms with van der Waals surface area (Å²) in [5.74, 6) is 0.495. The second-order valence-electron chi connectivity index (χ2n) is 6.87. The molecule has 0 radical (unpaired) electrons. The van der Waals surface area contributed by atoms with Crippen LogP contribution in [0, 0.1) is 11.8 Å². The van der Waals surface area contributed by atoms with E-state index in [0.717, 1.165) is 0 Å². The molecular formula is C17H26N2O4S. The molecule has 2 rings (SSSR count). The molecule has 1 fully saturated rings. The van der Waals surface area contributed by atoms with Crippen LogP contribution in [0.5, 0.6) is 0 Å². The zero-order valence-corrected chi connectivity index (χ0v) is 15.5. The van der Waals surface area contributed by atoms with Crippen molar-refractivity contribution in [1.29, 1.82) is 0 Å². The Bertz CT molecular complexity index is 658. The van der Waals surface area contributed by atoms with Crippen molar-refractivity contribution in [2.75, 3.05) is 31.1 Å². The number of sulfonamides is 1. The quantitative estimate of drug-likeness (QED) is 0.755. The molecule has 0 bridgehead atoms. The van der Waals surface area contributed by atoms with Gasteiger partial charge in [-0.2, -0.15) is 4.31 Å². The van der Waals surface area contributed by atoms with Gasteiger partial charge in [-0.25, -0.2) is 13.2 Å². The average Bonchev–Trinajstić information content (AvgIpc) is 2.92. The lowest BCUT2D eigenvalue weighted by atomic mass is 10.2. The van der Waals surface area contributed by atoms with E-state index in [0.29, 0.717) is 31.9 Å². The summed E-state index contributed by atoms with van der Waals surface area (Å²) in [6.07, 6.45) is -0.396. The fourth-order valence-electron chi connectivity index (χ4n) is 2.66. The summed E-state index contributed by atoms with van der Waals surface area (Å²) in [4.78, 5) is 13.3. The van der Waals surface area contributed by atoms with Crippen molar-refractivity contribution >= 4 is 21.8 Å². The number of rotatable bonds is 7. The summed E-state index contributed by atoms with van der Waals surface area (Å²) in [5, 5.41) is 0. The molecule has 0 aliphatic carbocycles. The van der Waals surface area contributed by atoms with Gasteiger partial charge in [-0.05, 0) is 36.1 Å². The largest absolute Gasteiger partial charge is 0.447 e. The molecule has 1 saturated heterocycles. The number of hydrogen-bond donors (Lipinski definition) is 0. The first-order valence-corrected chi connectivity index (χ1v) is 9.70. The fourth-order valence-corrected chi connectivity index (χ4v) is 4.43. The molecule has 0 N–H and O–H groups in total. The number of carbonyl (C=O) groups is 1. The lowest BCUT2D eigenvalue weighted by Crippen LogP contribution is -2.37. The van der Waals surface area contributed by atoms with Crippen molar-refractivity contribution in [2.45, 2.75) is 32.6 Å². The van der Waals surface area contributed by atoms with Crippen LogP contribution in [0.15, 0.2) is 29.2 Å². The molecule has 0 aromatic heterocycles. The predicted molar refractivity (Wildman–Crippen MR) is 93.6 cm³/mol. The van der Waals surface area contributed by atoms with E-state index in [1.807, 2.05) is 27.7 Å². The summed E-state index contributed by atoms with van der Waals surface area (Å²) in [7, 11) is -3.55. The molecule has 7 heteroatoms. The van der Waals surface area contributed by atoms with E-state index in [9.17, 15) is 13.2 Å². The van der Waals surface area contributed by atoms with Crippen LogP contribution in [-0.4, -0.2) is 45.1 Å². The van der Waals surface area contributed by atoms with Crippen LogP contribution >= 0.6 is 0 Å². The van der Waals surface area contributed by atoms with Gasteiger partial charge in [-0.3, -0.25) is 4.90 Å². The van der Waals surface area contributed by atoms with Gasteiger partial charge in [0.2, 0.25) is 10.0 Å². The molecule has 1 heterocycles. The summed E-state index contributed by atoms with van der Waals surface area (Å²) < 4.78 is 32.3. The Kier molecular flexibility index (Phi) is 5.87. The van der Waals surface area contributed by atoms with Gasteiger partial charge in [0.05, 0.1) is 11.4 Å². The maximum atomic E-state index is 12.9. The number of anilines is 1. The summed E-state index contributed by atoms with van der Waals surface area (Å²) in [5.41, 5.74) is 0.649. The number of benzene rings is 1. The van der Waals surface area contributed by atoms with Crippen LogP contribution in [0.2, 0.25) is 0 Å². The average molecular weight is 354 g/mol. The number of hydrogen-bond acceptors (Lipinski definition) is 4. The molecule has 1 amide bonds. The van der Waals surface area contributed by atoms with Gasteiger partial charge >= 0.3 is 6.09 Å². The highest BCUT2D eigenvalue weighted by molar-refractivity contribution is 7.89. The Morgan fingerprint density at radius 3 is 2.04 bits per heavy atom. The van der Waals surface area contributed by atoms with Gasteiger partial charge in [-0.15, -0.1) is 0 Å². The van der Waals surface area contributed by atoms with Crippen LogP contribution in [-0.2, 0) is 14.8 Å². The molecule has 24 heavy (non-hydrogen) atoms. The number of cyclic esters (lactones) is 1. The standard InChI is InChI=1S/C17H26N2O4S/c1-13(2)11-18(12-14(3)4)24(21,22)16-7-5-15(6-8-16)19-9-10-23-17(19)20/h5-8,13-14H,9-12H2,1-4H3. The zero-order chi connectivity index (χ0) is 17.9. The lowest BCUT2D eigenvalue weighted by molar-refractivity contribution is 0.181. The molecule has 1 aromatic rings. The highest BCUT2D eigenvalue weighted by Gasteiger charge is 2.27. The maximum Gasteiger partial charge on any atom is 0.414 e. The normalized spacial score (nSPS) is 15.6. The van der Waals surface area contributed by atoms with Crippen LogP contribution in [0.1, 0.15) is 27.7 Å². The Morgan fingerprint density at radius 2 is 1.62 bits per heavy atom. The molecule has 1 aromatic carbocycles. The first kappa shape index (κ1) is 18.7. The minimum Gasteiger partial charge on any atom is -0.447 e. The van der Waals surface area contributed by atoms with Crippen molar-refractivity contribution < 1.29 is 17.9 Å². The summed E-state index contributed by atoms with van der Waals surface area (Å²) in [6.45, 7) is 9.83. The number of carbonyl (C=O) groups excluding carboxylic acids is 1. The third kappa shape index (κ3) is 4.27. The van der Waals surface area contributed by atoms with Crippen LogP contribution in [0.3, 0.4) is 0 Å². The highest BCUT2D eigenvalue weighted by atomic mass is 32.2. The fraction of sp³-hybridized carbons (Fsp3) is 0.588. The van der Waals surface area contributed by atoms with Gasteiger partial charge in [0, 0.05) is 18.8 Å². The van der Waals surface area contributed by atoms with Crippen LogP contribution < -0.4 is 4.90 Å². The first-order chi connectivity index (χ1) is 11.2. The summed E-state index contributed by atoms with van der Waals surface area (Å²) >= 11 is 0. The SMILES string of the molecule is CC(C)CN(CC(C)C)S(=O)(=O)c1ccc(N2CCOC2=O)cc1. The molecule has 0 spiro atoms. The monoisotopic (exact) mass is 354 g/mol. The second kappa shape index (κ2) is 7.53. The Labute approximate surface area is 144 Å². The molecule has 0 unspecified atom stereocenters.